The zero-order valence-electron chi connectivity index (χ0n) is 13.1. The fourth-order valence-corrected chi connectivity index (χ4v) is 3.07. The molecule has 3 aromatic rings. The van der Waals surface area contributed by atoms with Crippen LogP contribution in [0, 0.1) is 6.92 Å². The van der Waals surface area contributed by atoms with E-state index in [1.807, 2.05) is 55.5 Å². The first kappa shape index (κ1) is 15.4. The SMILES string of the molecule is COc1cccc(CSc2nnc(-c3cccc(C)c3)n2N)c1. The van der Waals surface area contributed by atoms with Crippen LogP contribution in [0.2, 0.25) is 0 Å². The van der Waals surface area contributed by atoms with Crippen LogP contribution in [0.5, 0.6) is 5.75 Å². The number of aryl methyl sites for hydroxylation is 1. The summed E-state index contributed by atoms with van der Waals surface area (Å²) in [5, 5.41) is 9.10. The fraction of sp³-hybridized carbons (Fsp3) is 0.176. The van der Waals surface area contributed by atoms with Gasteiger partial charge in [-0.25, -0.2) is 4.68 Å². The molecular formula is C17H18N4OS. The first-order valence-electron chi connectivity index (χ1n) is 7.20. The summed E-state index contributed by atoms with van der Waals surface area (Å²) >= 11 is 1.55. The smallest absolute Gasteiger partial charge is 0.210 e. The van der Waals surface area contributed by atoms with Gasteiger partial charge >= 0.3 is 0 Å². The van der Waals surface area contributed by atoms with Crippen molar-refractivity contribution in [3.8, 4) is 17.1 Å². The molecule has 1 heterocycles. The second kappa shape index (κ2) is 6.75. The predicted octanol–water partition coefficient (Wildman–Crippen LogP) is 3.27. The van der Waals surface area contributed by atoms with E-state index >= 15 is 0 Å². The second-order valence-electron chi connectivity index (χ2n) is 5.19. The highest BCUT2D eigenvalue weighted by Gasteiger charge is 2.12. The highest BCUT2D eigenvalue weighted by molar-refractivity contribution is 7.98. The monoisotopic (exact) mass is 326 g/mol. The molecule has 6 heteroatoms. The third kappa shape index (κ3) is 3.48. The largest absolute Gasteiger partial charge is 0.497 e. The lowest BCUT2D eigenvalue weighted by Gasteiger charge is -2.05. The van der Waals surface area contributed by atoms with Gasteiger partial charge in [-0.15, -0.1) is 10.2 Å². The lowest BCUT2D eigenvalue weighted by atomic mass is 10.1. The zero-order chi connectivity index (χ0) is 16.2. The fourth-order valence-electron chi connectivity index (χ4n) is 2.27. The van der Waals surface area contributed by atoms with Gasteiger partial charge in [-0.05, 0) is 30.7 Å². The molecule has 2 aromatic carbocycles. The number of rotatable bonds is 5. The minimum atomic E-state index is 0.668. The standard InChI is InChI=1S/C17H18N4OS/c1-12-5-3-7-14(9-12)16-19-20-17(21(16)18)23-11-13-6-4-8-15(10-13)22-2/h3-10H,11,18H2,1-2H3. The molecule has 0 spiro atoms. The van der Waals surface area contributed by atoms with Crippen LogP contribution in [0.25, 0.3) is 11.4 Å². The van der Waals surface area contributed by atoms with Crippen LogP contribution in [0.3, 0.4) is 0 Å². The molecule has 0 fully saturated rings. The number of nitrogen functional groups attached to an aromatic ring is 1. The maximum atomic E-state index is 6.15. The van der Waals surface area contributed by atoms with Gasteiger partial charge in [-0.3, -0.25) is 0 Å². The van der Waals surface area contributed by atoms with Gasteiger partial charge in [0, 0.05) is 11.3 Å². The average molecular weight is 326 g/mol. The van der Waals surface area contributed by atoms with Gasteiger partial charge in [0.05, 0.1) is 7.11 Å². The Labute approximate surface area is 139 Å². The van der Waals surface area contributed by atoms with Crippen molar-refractivity contribution < 1.29 is 4.74 Å². The summed E-state index contributed by atoms with van der Waals surface area (Å²) in [6, 6.07) is 16.0. The molecule has 5 nitrogen and oxygen atoms in total. The number of methoxy groups -OCH3 is 1. The Kier molecular flexibility index (Phi) is 4.52. The first-order chi connectivity index (χ1) is 11.2. The van der Waals surface area contributed by atoms with E-state index < -0.39 is 0 Å². The van der Waals surface area contributed by atoms with Gasteiger partial charge in [0.1, 0.15) is 5.75 Å². The Balaban J connectivity index is 1.77. The maximum Gasteiger partial charge on any atom is 0.210 e. The topological polar surface area (TPSA) is 66.0 Å². The maximum absolute atomic E-state index is 6.15. The number of hydrogen-bond acceptors (Lipinski definition) is 5. The quantitative estimate of drug-likeness (QED) is 0.576. The van der Waals surface area contributed by atoms with Crippen LogP contribution >= 0.6 is 11.8 Å². The summed E-state index contributed by atoms with van der Waals surface area (Å²) in [5.74, 6) is 8.42. The van der Waals surface area contributed by atoms with Crippen LogP contribution in [-0.2, 0) is 5.75 Å². The van der Waals surface area contributed by atoms with Crippen molar-refractivity contribution >= 4 is 11.8 Å². The van der Waals surface area contributed by atoms with Crippen LogP contribution in [-0.4, -0.2) is 22.0 Å². The number of nitrogens with zero attached hydrogens (tertiary/aromatic N) is 3. The molecule has 0 saturated heterocycles. The van der Waals surface area contributed by atoms with Gasteiger partial charge in [-0.2, -0.15) is 0 Å². The van der Waals surface area contributed by atoms with Crippen molar-refractivity contribution in [2.75, 3.05) is 13.0 Å². The van der Waals surface area contributed by atoms with Crippen molar-refractivity contribution in [2.45, 2.75) is 17.8 Å². The van der Waals surface area contributed by atoms with Gasteiger partial charge in [0.15, 0.2) is 5.82 Å². The summed E-state index contributed by atoms with van der Waals surface area (Å²) in [6.07, 6.45) is 0. The van der Waals surface area contributed by atoms with Crippen molar-refractivity contribution in [1.82, 2.24) is 14.9 Å². The average Bonchev–Trinajstić information content (AvgIpc) is 2.94. The van der Waals surface area contributed by atoms with Crippen LogP contribution < -0.4 is 10.6 Å². The van der Waals surface area contributed by atoms with E-state index in [2.05, 4.69) is 10.2 Å². The molecule has 1 aromatic heterocycles. The molecule has 0 aliphatic rings. The van der Waals surface area contributed by atoms with Crippen LogP contribution in [0.1, 0.15) is 11.1 Å². The van der Waals surface area contributed by atoms with E-state index in [4.69, 9.17) is 10.6 Å². The minimum Gasteiger partial charge on any atom is -0.497 e. The summed E-state index contributed by atoms with van der Waals surface area (Å²) in [4.78, 5) is 0. The number of thioether (sulfide) groups is 1. The minimum absolute atomic E-state index is 0.668. The molecule has 0 radical (unpaired) electrons. The third-order valence-corrected chi connectivity index (χ3v) is 4.46. The number of hydrogen-bond donors (Lipinski definition) is 1. The number of benzene rings is 2. The summed E-state index contributed by atoms with van der Waals surface area (Å²) in [7, 11) is 1.66. The molecule has 0 aliphatic carbocycles. The molecule has 0 atom stereocenters. The van der Waals surface area contributed by atoms with Gasteiger partial charge in [0.25, 0.3) is 0 Å². The molecule has 2 N–H and O–H groups in total. The molecule has 0 bridgehead atoms. The third-order valence-electron chi connectivity index (χ3n) is 3.44. The van der Waals surface area contributed by atoms with Gasteiger partial charge in [0.2, 0.25) is 5.16 Å². The summed E-state index contributed by atoms with van der Waals surface area (Å²) < 4.78 is 6.78. The molecule has 0 amide bonds. The Morgan fingerprint density at radius 1 is 1.13 bits per heavy atom. The normalized spacial score (nSPS) is 10.7. The van der Waals surface area contributed by atoms with Crippen LogP contribution in [0.4, 0.5) is 0 Å². The molecular weight excluding hydrogens is 308 g/mol. The lowest BCUT2D eigenvalue weighted by Crippen LogP contribution is -2.11. The Morgan fingerprint density at radius 2 is 1.96 bits per heavy atom. The number of aromatic nitrogens is 3. The lowest BCUT2D eigenvalue weighted by molar-refractivity contribution is 0.414. The van der Waals surface area contributed by atoms with E-state index in [-0.39, 0.29) is 0 Å². The highest BCUT2D eigenvalue weighted by atomic mass is 32.2. The predicted molar refractivity (Wildman–Crippen MR) is 92.9 cm³/mol. The molecule has 3 rings (SSSR count). The Hall–Kier alpha value is -2.47. The zero-order valence-corrected chi connectivity index (χ0v) is 13.9. The highest BCUT2D eigenvalue weighted by Crippen LogP contribution is 2.25. The van der Waals surface area contributed by atoms with Crippen molar-refractivity contribution in [1.29, 1.82) is 0 Å². The first-order valence-corrected chi connectivity index (χ1v) is 8.19. The summed E-state index contributed by atoms with van der Waals surface area (Å²) in [5.41, 5.74) is 3.28. The van der Waals surface area contributed by atoms with E-state index in [9.17, 15) is 0 Å². The van der Waals surface area contributed by atoms with E-state index in [0.717, 1.165) is 28.2 Å². The van der Waals surface area contributed by atoms with Crippen molar-refractivity contribution in [3.63, 3.8) is 0 Å². The summed E-state index contributed by atoms with van der Waals surface area (Å²) in [6.45, 7) is 2.04. The Bertz CT molecular complexity index is 816. The molecule has 0 unspecified atom stereocenters. The van der Waals surface area contributed by atoms with E-state index in [0.29, 0.717) is 11.0 Å². The van der Waals surface area contributed by atoms with Gasteiger partial charge < -0.3 is 10.6 Å². The van der Waals surface area contributed by atoms with Crippen LogP contribution in [0.15, 0.2) is 53.7 Å². The van der Waals surface area contributed by atoms with E-state index in [1.165, 1.54) is 0 Å². The molecule has 23 heavy (non-hydrogen) atoms. The molecule has 0 saturated carbocycles. The second-order valence-corrected chi connectivity index (χ2v) is 6.13. The Morgan fingerprint density at radius 3 is 2.74 bits per heavy atom. The van der Waals surface area contributed by atoms with Crippen molar-refractivity contribution in [3.05, 3.63) is 59.7 Å². The number of ether oxygens (including phenoxy) is 1. The molecule has 0 aliphatic heterocycles. The van der Waals surface area contributed by atoms with Gasteiger partial charge in [-0.1, -0.05) is 47.7 Å². The van der Waals surface area contributed by atoms with Crippen molar-refractivity contribution in [2.24, 2.45) is 0 Å². The van der Waals surface area contributed by atoms with E-state index in [1.54, 1.807) is 23.5 Å². The molecule has 118 valence electrons. The number of nitrogens with two attached hydrogens (primary N) is 1.